The molecule has 0 radical (unpaired) electrons. The normalized spacial score (nSPS) is 10.8. The van der Waals surface area contributed by atoms with Crippen molar-refractivity contribution >= 4 is 40.8 Å². The van der Waals surface area contributed by atoms with Crippen molar-refractivity contribution in [2.45, 2.75) is 12.1 Å². The minimum Gasteiger partial charge on any atom is -0.437 e. The number of hydrogen-bond acceptors (Lipinski definition) is 8. The summed E-state index contributed by atoms with van der Waals surface area (Å²) in [6.07, 6.45) is 1.86. The smallest absolute Gasteiger partial charge is 0.246 e. The second-order valence-corrected chi connectivity index (χ2v) is 7.55. The Balaban J connectivity index is 1.52. The molecular formula is C20H18ClN7OS. The molecule has 0 amide bonds. The van der Waals surface area contributed by atoms with Gasteiger partial charge in [-0.05, 0) is 49.1 Å². The highest BCUT2D eigenvalue weighted by Crippen LogP contribution is 2.33. The minimum absolute atomic E-state index is 0.325. The van der Waals surface area contributed by atoms with Crippen LogP contribution in [0.25, 0.3) is 11.4 Å². The van der Waals surface area contributed by atoms with Gasteiger partial charge in [-0.2, -0.15) is 9.97 Å². The van der Waals surface area contributed by atoms with Crippen LogP contribution >= 0.6 is 23.4 Å². The highest BCUT2D eigenvalue weighted by atomic mass is 35.5. The van der Waals surface area contributed by atoms with Gasteiger partial charge in [-0.25, -0.2) is 4.98 Å². The first kappa shape index (κ1) is 20.0. The van der Waals surface area contributed by atoms with E-state index in [1.54, 1.807) is 18.2 Å². The number of aromatic nitrogens is 5. The summed E-state index contributed by atoms with van der Waals surface area (Å²) in [5.74, 6) is 2.14. The van der Waals surface area contributed by atoms with Gasteiger partial charge in [0.15, 0.2) is 11.0 Å². The van der Waals surface area contributed by atoms with Crippen LogP contribution in [0.3, 0.4) is 0 Å². The fourth-order valence-electron chi connectivity index (χ4n) is 2.71. The molecule has 8 nitrogen and oxygen atoms in total. The van der Waals surface area contributed by atoms with Crippen molar-refractivity contribution in [1.29, 1.82) is 0 Å². The Bertz CT molecular complexity index is 1200. The Kier molecular flexibility index (Phi) is 5.73. The number of nitrogens with two attached hydrogens (primary N) is 1. The van der Waals surface area contributed by atoms with Gasteiger partial charge in [0.2, 0.25) is 11.8 Å². The van der Waals surface area contributed by atoms with E-state index in [0.29, 0.717) is 39.4 Å². The Morgan fingerprint density at radius 2 is 1.97 bits per heavy atom. The molecule has 4 N–H and O–H groups in total. The average molecular weight is 440 g/mol. The zero-order valence-corrected chi connectivity index (χ0v) is 17.8. The summed E-state index contributed by atoms with van der Waals surface area (Å²) in [5.41, 5.74) is 8.62. The molecule has 0 aliphatic rings. The van der Waals surface area contributed by atoms with Crippen LogP contribution in [0.15, 0.2) is 53.7 Å². The second-order valence-electron chi connectivity index (χ2n) is 6.37. The van der Waals surface area contributed by atoms with Crippen LogP contribution in [0.1, 0.15) is 5.56 Å². The van der Waals surface area contributed by atoms with E-state index >= 15 is 0 Å². The summed E-state index contributed by atoms with van der Waals surface area (Å²) >= 11 is 7.79. The zero-order chi connectivity index (χ0) is 21.1. The number of aryl methyl sites for hydroxylation is 1. The molecule has 152 valence electrons. The molecule has 0 saturated carbocycles. The van der Waals surface area contributed by atoms with Crippen molar-refractivity contribution in [2.75, 3.05) is 17.3 Å². The summed E-state index contributed by atoms with van der Waals surface area (Å²) in [7, 11) is 0. The van der Waals surface area contributed by atoms with Gasteiger partial charge in [-0.1, -0.05) is 35.5 Å². The average Bonchev–Trinajstić information content (AvgIpc) is 3.17. The molecule has 0 spiro atoms. The van der Waals surface area contributed by atoms with Crippen LogP contribution in [0.4, 0.5) is 17.5 Å². The van der Waals surface area contributed by atoms with Gasteiger partial charge in [0, 0.05) is 17.3 Å². The molecule has 0 aliphatic heterocycles. The van der Waals surface area contributed by atoms with E-state index in [4.69, 9.17) is 22.1 Å². The van der Waals surface area contributed by atoms with E-state index in [1.165, 1.54) is 11.8 Å². The first-order valence-corrected chi connectivity index (χ1v) is 10.5. The fraction of sp³-hybridized carbons (Fsp3) is 0.100. The van der Waals surface area contributed by atoms with Crippen molar-refractivity contribution in [3.63, 3.8) is 0 Å². The third-order valence-electron chi connectivity index (χ3n) is 4.06. The second kappa shape index (κ2) is 8.60. The molecule has 0 bridgehead atoms. The van der Waals surface area contributed by atoms with Crippen LogP contribution in [0.2, 0.25) is 5.02 Å². The lowest BCUT2D eigenvalue weighted by atomic mass is 10.2. The third kappa shape index (κ3) is 4.64. The molecule has 2 aromatic carbocycles. The van der Waals surface area contributed by atoms with Gasteiger partial charge in [-0.3, -0.25) is 5.10 Å². The molecule has 10 heteroatoms. The molecule has 0 fully saturated rings. The van der Waals surface area contributed by atoms with E-state index in [1.807, 2.05) is 43.5 Å². The number of halogens is 1. The topological polar surface area (TPSA) is 115 Å². The molecule has 4 rings (SSSR count). The van der Waals surface area contributed by atoms with Crippen LogP contribution < -0.4 is 15.8 Å². The quantitative estimate of drug-likeness (QED) is 0.282. The Morgan fingerprint density at radius 3 is 2.73 bits per heavy atom. The number of aromatic amines is 1. The highest BCUT2D eigenvalue weighted by Gasteiger charge is 2.12. The van der Waals surface area contributed by atoms with Crippen molar-refractivity contribution in [3.8, 4) is 23.0 Å². The lowest BCUT2D eigenvalue weighted by molar-refractivity contribution is 0.456. The molecule has 0 unspecified atom stereocenters. The van der Waals surface area contributed by atoms with E-state index in [9.17, 15) is 0 Å². The van der Waals surface area contributed by atoms with Gasteiger partial charge in [0.1, 0.15) is 11.6 Å². The molecule has 0 atom stereocenters. The number of thioether (sulfide) groups is 1. The maximum absolute atomic E-state index is 6.41. The summed E-state index contributed by atoms with van der Waals surface area (Å²) < 4.78 is 5.78. The van der Waals surface area contributed by atoms with Gasteiger partial charge >= 0.3 is 0 Å². The van der Waals surface area contributed by atoms with Crippen molar-refractivity contribution in [2.24, 2.45) is 0 Å². The van der Waals surface area contributed by atoms with Gasteiger partial charge in [0.25, 0.3) is 0 Å². The number of nitrogens with one attached hydrogen (secondary N) is 2. The van der Waals surface area contributed by atoms with Crippen LogP contribution in [0.5, 0.6) is 11.6 Å². The van der Waals surface area contributed by atoms with E-state index in [0.717, 1.165) is 16.8 Å². The summed E-state index contributed by atoms with van der Waals surface area (Å²) in [5, 5.41) is 11.2. The van der Waals surface area contributed by atoms with E-state index in [-0.39, 0.29) is 0 Å². The van der Waals surface area contributed by atoms with Crippen molar-refractivity contribution < 1.29 is 4.74 Å². The monoisotopic (exact) mass is 439 g/mol. The maximum Gasteiger partial charge on any atom is 0.246 e. The number of benzene rings is 2. The number of nitrogens with zero attached hydrogens (tertiary/aromatic N) is 4. The summed E-state index contributed by atoms with van der Waals surface area (Å²) in [6, 6.07) is 14.8. The standard InChI is InChI=1S/C20H18ClN7OS/c1-11-4-3-5-13(8-11)23-19-26-18(27-28-19)12-6-7-15(14(21)9-12)29-17-10-16(22)24-20(25-17)30-2/h3-10H,1-2H3,(H2,22,24,25)(H2,23,26,27,28). The number of ether oxygens (including phenoxy) is 1. The van der Waals surface area contributed by atoms with Crippen LogP contribution in [-0.2, 0) is 0 Å². The van der Waals surface area contributed by atoms with Gasteiger partial charge < -0.3 is 15.8 Å². The molecule has 4 aromatic rings. The largest absolute Gasteiger partial charge is 0.437 e. The molecule has 2 aromatic heterocycles. The van der Waals surface area contributed by atoms with Crippen molar-refractivity contribution in [3.05, 3.63) is 59.1 Å². The van der Waals surface area contributed by atoms with Gasteiger partial charge in [0.05, 0.1) is 5.02 Å². The first-order valence-electron chi connectivity index (χ1n) is 8.92. The summed E-state index contributed by atoms with van der Waals surface area (Å²) in [4.78, 5) is 12.8. The van der Waals surface area contributed by atoms with Crippen molar-refractivity contribution in [1.82, 2.24) is 25.1 Å². The summed E-state index contributed by atoms with van der Waals surface area (Å²) in [6.45, 7) is 2.03. The number of rotatable bonds is 6. The highest BCUT2D eigenvalue weighted by molar-refractivity contribution is 7.98. The first-order chi connectivity index (χ1) is 14.5. The molecular weight excluding hydrogens is 422 g/mol. The van der Waals surface area contributed by atoms with E-state index in [2.05, 4.69) is 30.5 Å². The molecule has 0 saturated heterocycles. The lowest BCUT2D eigenvalue weighted by Crippen LogP contribution is -1.97. The number of anilines is 3. The molecule has 2 heterocycles. The Hall–Kier alpha value is -3.30. The zero-order valence-electron chi connectivity index (χ0n) is 16.2. The molecule has 30 heavy (non-hydrogen) atoms. The molecule has 0 aliphatic carbocycles. The number of hydrogen-bond donors (Lipinski definition) is 3. The number of H-pyrrole nitrogens is 1. The fourth-order valence-corrected chi connectivity index (χ4v) is 3.30. The number of nitrogen functional groups attached to an aromatic ring is 1. The maximum atomic E-state index is 6.41. The van der Waals surface area contributed by atoms with Gasteiger partial charge in [-0.15, -0.1) is 5.10 Å². The lowest BCUT2D eigenvalue weighted by Gasteiger charge is -2.09. The minimum atomic E-state index is 0.325. The van der Waals surface area contributed by atoms with Crippen LogP contribution in [-0.4, -0.2) is 31.4 Å². The van der Waals surface area contributed by atoms with E-state index < -0.39 is 0 Å². The Labute approximate surface area is 182 Å². The Morgan fingerprint density at radius 1 is 1.10 bits per heavy atom. The predicted molar refractivity (Wildman–Crippen MR) is 120 cm³/mol. The SMILES string of the molecule is CSc1nc(N)cc(Oc2ccc(-c3nc(Nc4cccc(C)c4)n[nH]3)cc2Cl)n1. The van der Waals surface area contributed by atoms with Crippen LogP contribution in [0, 0.1) is 6.92 Å². The predicted octanol–water partition coefficient (Wildman–Crippen LogP) is 5.06. The third-order valence-corrected chi connectivity index (χ3v) is 4.91.